The molecule has 1 aliphatic heterocycles. The molecule has 0 aromatic carbocycles. The number of primary amides is 1. The zero-order valence-corrected chi connectivity index (χ0v) is 10.7. The lowest BCUT2D eigenvalue weighted by atomic mass is 9.97. The van der Waals surface area contributed by atoms with Gasteiger partial charge in [-0.25, -0.2) is 9.59 Å². The Kier molecular flexibility index (Phi) is 5.11. The second kappa shape index (κ2) is 6.37. The van der Waals surface area contributed by atoms with Crippen LogP contribution in [0.25, 0.3) is 0 Å². The van der Waals surface area contributed by atoms with E-state index in [4.69, 9.17) is 10.8 Å². The topological polar surface area (TPSA) is 133 Å². The van der Waals surface area contributed by atoms with Crippen molar-refractivity contribution in [3.05, 3.63) is 0 Å². The smallest absolute Gasteiger partial charge is 0.326 e. The average molecular weight is 273 g/mol. The molecule has 3 atom stereocenters. The Bertz CT molecular complexity index is 373. The molecule has 5 N–H and O–H groups in total. The fraction of sp³-hybridized carbons (Fsp3) is 0.727. The van der Waals surface area contributed by atoms with Crippen molar-refractivity contribution in [1.82, 2.24) is 10.2 Å². The van der Waals surface area contributed by atoms with Crippen LogP contribution in [0.2, 0.25) is 0 Å². The first-order valence-electron chi connectivity index (χ1n) is 6.06. The quantitative estimate of drug-likeness (QED) is 0.506. The second-order valence-electron chi connectivity index (χ2n) is 4.79. The maximum Gasteiger partial charge on any atom is 0.326 e. The van der Waals surface area contributed by atoms with Crippen LogP contribution in [0.15, 0.2) is 0 Å². The van der Waals surface area contributed by atoms with E-state index in [-0.39, 0.29) is 5.92 Å². The Morgan fingerprint density at radius 2 is 2.11 bits per heavy atom. The van der Waals surface area contributed by atoms with Crippen molar-refractivity contribution in [1.29, 1.82) is 0 Å². The largest absolute Gasteiger partial charge is 0.480 e. The van der Waals surface area contributed by atoms with E-state index in [2.05, 4.69) is 5.32 Å². The third kappa shape index (κ3) is 4.40. The summed E-state index contributed by atoms with van der Waals surface area (Å²) in [6.07, 6.45) is -0.458. The molecule has 1 fully saturated rings. The molecule has 8 nitrogen and oxygen atoms in total. The number of aliphatic carboxylic acids is 1. The summed E-state index contributed by atoms with van der Waals surface area (Å²) in [6.45, 7) is 2.50. The second-order valence-corrected chi connectivity index (χ2v) is 4.79. The fourth-order valence-electron chi connectivity index (χ4n) is 1.96. The lowest BCUT2D eigenvalue weighted by Gasteiger charge is -2.34. The molecule has 2 unspecified atom stereocenters. The van der Waals surface area contributed by atoms with Gasteiger partial charge in [0.25, 0.3) is 0 Å². The number of carboxylic acid groups (broad SMARTS) is 1. The van der Waals surface area contributed by atoms with Crippen molar-refractivity contribution < 1.29 is 24.6 Å². The van der Waals surface area contributed by atoms with Gasteiger partial charge in [-0.2, -0.15) is 0 Å². The lowest BCUT2D eigenvalue weighted by Crippen LogP contribution is -2.53. The predicted octanol–water partition coefficient (Wildman–Crippen LogP) is -1.27. The van der Waals surface area contributed by atoms with E-state index in [9.17, 15) is 19.5 Å². The first kappa shape index (κ1) is 15.2. The highest BCUT2D eigenvalue weighted by atomic mass is 16.4. The number of carbonyl (C=O) groups excluding carboxylic acids is 2. The molecule has 8 heteroatoms. The molecule has 0 saturated carbocycles. The van der Waals surface area contributed by atoms with E-state index in [1.54, 1.807) is 0 Å². The van der Waals surface area contributed by atoms with E-state index < -0.39 is 36.5 Å². The van der Waals surface area contributed by atoms with Crippen LogP contribution in [0, 0.1) is 5.92 Å². The monoisotopic (exact) mass is 273 g/mol. The molecule has 0 aromatic heterocycles. The Balaban J connectivity index is 2.57. The van der Waals surface area contributed by atoms with Crippen LogP contribution in [0.3, 0.4) is 0 Å². The summed E-state index contributed by atoms with van der Waals surface area (Å²) in [5, 5.41) is 20.7. The highest BCUT2D eigenvalue weighted by molar-refractivity contribution is 5.87. The van der Waals surface area contributed by atoms with Crippen LogP contribution in [-0.4, -0.2) is 58.3 Å². The number of aliphatic hydroxyl groups is 1. The molecule has 0 aliphatic carbocycles. The molecule has 19 heavy (non-hydrogen) atoms. The van der Waals surface area contributed by atoms with E-state index in [1.807, 2.05) is 6.92 Å². The van der Waals surface area contributed by atoms with Gasteiger partial charge in [-0.3, -0.25) is 4.79 Å². The van der Waals surface area contributed by atoms with Gasteiger partial charge in [0.1, 0.15) is 6.04 Å². The molecule has 108 valence electrons. The van der Waals surface area contributed by atoms with Crippen molar-refractivity contribution in [3.63, 3.8) is 0 Å². The molecule has 3 amide bonds. The van der Waals surface area contributed by atoms with E-state index in [1.165, 1.54) is 4.90 Å². The molecule has 1 saturated heterocycles. The van der Waals surface area contributed by atoms with Crippen molar-refractivity contribution in [2.24, 2.45) is 11.7 Å². The summed E-state index contributed by atoms with van der Waals surface area (Å²) in [4.78, 5) is 34.9. The number of urea groups is 1. The highest BCUT2D eigenvalue weighted by Gasteiger charge is 2.30. The first-order valence-corrected chi connectivity index (χ1v) is 6.06. The van der Waals surface area contributed by atoms with Crippen molar-refractivity contribution >= 4 is 17.9 Å². The summed E-state index contributed by atoms with van der Waals surface area (Å²) >= 11 is 0. The lowest BCUT2D eigenvalue weighted by molar-refractivity contribution is -0.141. The zero-order valence-electron chi connectivity index (χ0n) is 10.7. The number of piperidine rings is 1. The first-order chi connectivity index (χ1) is 8.81. The number of rotatable bonds is 4. The number of likely N-dealkylation sites (tertiary alicyclic amines) is 1. The van der Waals surface area contributed by atoms with E-state index in [0.29, 0.717) is 19.5 Å². The number of carboxylic acids is 1. The van der Waals surface area contributed by atoms with Crippen LogP contribution in [0.1, 0.15) is 19.8 Å². The van der Waals surface area contributed by atoms with Crippen LogP contribution >= 0.6 is 0 Å². The molecule has 1 aliphatic rings. The minimum Gasteiger partial charge on any atom is -0.480 e. The molecular weight excluding hydrogens is 254 g/mol. The third-order valence-corrected chi connectivity index (χ3v) is 3.15. The number of nitrogens with one attached hydrogen (secondary N) is 1. The van der Waals surface area contributed by atoms with Gasteiger partial charge < -0.3 is 26.2 Å². The molecular formula is C11H19N3O5. The number of hydrogen-bond donors (Lipinski definition) is 4. The highest BCUT2D eigenvalue weighted by Crippen LogP contribution is 2.16. The van der Waals surface area contributed by atoms with Crippen molar-refractivity contribution in [2.45, 2.75) is 31.9 Å². The van der Waals surface area contributed by atoms with E-state index >= 15 is 0 Å². The van der Waals surface area contributed by atoms with Crippen LogP contribution in [-0.2, 0) is 9.59 Å². The Morgan fingerprint density at radius 3 is 2.58 bits per heavy atom. The van der Waals surface area contributed by atoms with Gasteiger partial charge in [0.15, 0.2) is 0 Å². The van der Waals surface area contributed by atoms with E-state index in [0.717, 1.165) is 0 Å². The maximum atomic E-state index is 11.9. The summed E-state index contributed by atoms with van der Waals surface area (Å²) in [5.41, 5.74) is 4.93. The Morgan fingerprint density at radius 1 is 1.47 bits per heavy atom. The fourth-order valence-corrected chi connectivity index (χ4v) is 1.96. The number of nitrogens with zero attached hydrogens (tertiary/aromatic N) is 1. The van der Waals surface area contributed by atoms with Gasteiger partial charge in [0.2, 0.25) is 5.91 Å². The molecule has 0 radical (unpaired) electrons. The Labute approximate surface area is 110 Å². The normalized spacial score (nSPS) is 24.6. The van der Waals surface area contributed by atoms with Gasteiger partial charge in [-0.15, -0.1) is 0 Å². The van der Waals surface area contributed by atoms with Crippen molar-refractivity contribution in [2.75, 3.05) is 13.1 Å². The van der Waals surface area contributed by atoms with Gasteiger partial charge in [0.05, 0.1) is 12.5 Å². The summed E-state index contributed by atoms with van der Waals surface area (Å²) < 4.78 is 0. The van der Waals surface area contributed by atoms with Crippen LogP contribution < -0.4 is 11.1 Å². The summed E-state index contributed by atoms with van der Waals surface area (Å²) in [7, 11) is 0. The van der Waals surface area contributed by atoms with Gasteiger partial charge in [0, 0.05) is 13.1 Å². The molecule has 1 rings (SSSR count). The number of amides is 3. The van der Waals surface area contributed by atoms with Crippen molar-refractivity contribution in [3.8, 4) is 0 Å². The Hall–Kier alpha value is -1.83. The van der Waals surface area contributed by atoms with Crippen LogP contribution in [0.5, 0.6) is 0 Å². The third-order valence-electron chi connectivity index (χ3n) is 3.15. The zero-order chi connectivity index (χ0) is 14.6. The van der Waals surface area contributed by atoms with Crippen LogP contribution in [0.4, 0.5) is 4.79 Å². The maximum absolute atomic E-state index is 11.9. The number of aliphatic hydroxyl groups excluding tert-OH is 1. The van der Waals surface area contributed by atoms with Gasteiger partial charge in [-0.1, -0.05) is 6.92 Å². The summed E-state index contributed by atoms with van der Waals surface area (Å²) in [6, 6.07) is -1.89. The number of nitrogens with two attached hydrogens (primary N) is 1. The minimum atomic E-state index is -1.33. The van der Waals surface area contributed by atoms with Gasteiger partial charge in [-0.05, 0) is 12.3 Å². The average Bonchev–Trinajstić information content (AvgIpc) is 2.31. The molecule has 0 bridgehead atoms. The SMILES string of the molecule is CC1CN(C(=O)N[C@@H](CC(N)=O)C(=O)O)CCC1O. The summed E-state index contributed by atoms with van der Waals surface area (Å²) in [5.74, 6) is -2.17. The standard InChI is InChI=1S/C11H19N3O5/c1-6-5-14(3-2-8(6)15)11(19)13-7(10(17)18)4-9(12)16/h6-8,15H,2-5H2,1H3,(H2,12,16)(H,13,19)(H,17,18)/t6?,7-,8?/m0/s1. The number of carbonyl (C=O) groups is 3. The molecule has 0 spiro atoms. The molecule has 0 aromatic rings. The molecule has 1 heterocycles. The van der Waals surface area contributed by atoms with Gasteiger partial charge >= 0.3 is 12.0 Å². The minimum absolute atomic E-state index is 0.0704. The number of hydrogen-bond acceptors (Lipinski definition) is 4. The predicted molar refractivity (Wildman–Crippen MR) is 65.1 cm³/mol.